The predicted molar refractivity (Wildman–Crippen MR) is 93.6 cm³/mol. The molecule has 1 heterocycles. The van der Waals surface area contributed by atoms with E-state index in [1.165, 1.54) is 6.20 Å². The Balaban J connectivity index is 2.14. The van der Waals surface area contributed by atoms with Crippen LogP contribution < -0.4 is 16.0 Å². The van der Waals surface area contributed by atoms with Gasteiger partial charge in [-0.15, -0.1) is 0 Å². The molecule has 0 radical (unpaired) electrons. The van der Waals surface area contributed by atoms with Crippen molar-refractivity contribution < 1.29 is 9.59 Å². The number of amides is 2. The third-order valence-corrected chi connectivity index (χ3v) is 3.79. The van der Waals surface area contributed by atoms with E-state index in [4.69, 9.17) is 5.73 Å². The van der Waals surface area contributed by atoms with E-state index in [-0.39, 0.29) is 5.91 Å². The summed E-state index contributed by atoms with van der Waals surface area (Å²) in [7, 11) is 0. The number of benzene rings is 1. The molecule has 0 bridgehead atoms. The molecular weight excluding hydrogens is 304 g/mol. The highest BCUT2D eigenvalue weighted by Crippen LogP contribution is 2.14. The van der Waals surface area contributed by atoms with Gasteiger partial charge >= 0.3 is 0 Å². The Labute approximate surface area is 141 Å². The lowest BCUT2D eigenvalue weighted by atomic mass is 10.1. The van der Waals surface area contributed by atoms with Crippen LogP contribution in [0.5, 0.6) is 0 Å². The van der Waals surface area contributed by atoms with Gasteiger partial charge in [0.1, 0.15) is 11.9 Å². The van der Waals surface area contributed by atoms with Crippen molar-refractivity contribution in [2.45, 2.75) is 19.9 Å². The maximum Gasteiger partial charge on any atom is 0.253 e. The van der Waals surface area contributed by atoms with Crippen molar-refractivity contribution in [2.75, 3.05) is 18.0 Å². The summed E-state index contributed by atoms with van der Waals surface area (Å²) < 4.78 is 0. The first-order valence-electron chi connectivity index (χ1n) is 7.93. The third kappa shape index (κ3) is 4.10. The van der Waals surface area contributed by atoms with Gasteiger partial charge in [0.25, 0.3) is 5.91 Å². The highest BCUT2D eigenvalue weighted by Gasteiger charge is 2.21. The van der Waals surface area contributed by atoms with Crippen molar-refractivity contribution in [2.24, 2.45) is 5.73 Å². The van der Waals surface area contributed by atoms with Crippen molar-refractivity contribution >= 4 is 17.6 Å². The Hall–Kier alpha value is -2.89. The minimum absolute atomic E-state index is 0.382. The summed E-state index contributed by atoms with van der Waals surface area (Å²) in [4.78, 5) is 30.5. The van der Waals surface area contributed by atoms with Gasteiger partial charge < -0.3 is 16.0 Å². The molecule has 1 aromatic carbocycles. The van der Waals surface area contributed by atoms with Crippen LogP contribution >= 0.6 is 0 Å². The first-order chi connectivity index (χ1) is 11.6. The van der Waals surface area contributed by atoms with Gasteiger partial charge in [0.05, 0.1) is 5.56 Å². The zero-order valence-electron chi connectivity index (χ0n) is 13.9. The molecule has 2 rings (SSSR count). The molecule has 24 heavy (non-hydrogen) atoms. The van der Waals surface area contributed by atoms with Gasteiger partial charge in [0.2, 0.25) is 5.91 Å². The van der Waals surface area contributed by atoms with Crippen molar-refractivity contribution in [3.8, 4) is 0 Å². The number of pyridine rings is 1. The van der Waals surface area contributed by atoms with Crippen LogP contribution in [0, 0.1) is 0 Å². The summed E-state index contributed by atoms with van der Waals surface area (Å²) in [6.07, 6.45) is 1.51. The summed E-state index contributed by atoms with van der Waals surface area (Å²) in [6, 6.07) is 11.5. The van der Waals surface area contributed by atoms with E-state index in [1.807, 2.05) is 19.9 Å². The van der Waals surface area contributed by atoms with Crippen LogP contribution in [0.15, 0.2) is 48.7 Å². The normalized spacial score (nSPS) is 11.6. The van der Waals surface area contributed by atoms with Crippen LogP contribution in [0.2, 0.25) is 0 Å². The largest absolute Gasteiger partial charge is 0.368 e. The first kappa shape index (κ1) is 17.5. The fourth-order valence-corrected chi connectivity index (χ4v) is 2.43. The van der Waals surface area contributed by atoms with Gasteiger partial charge in [-0.2, -0.15) is 0 Å². The third-order valence-electron chi connectivity index (χ3n) is 3.79. The predicted octanol–water partition coefficient (Wildman–Crippen LogP) is 1.88. The van der Waals surface area contributed by atoms with E-state index in [0.717, 1.165) is 18.9 Å². The second-order valence-electron chi connectivity index (χ2n) is 5.30. The summed E-state index contributed by atoms with van der Waals surface area (Å²) in [5.74, 6) is -0.186. The van der Waals surface area contributed by atoms with E-state index in [9.17, 15) is 9.59 Å². The number of nitrogens with one attached hydrogen (secondary N) is 1. The minimum Gasteiger partial charge on any atom is -0.368 e. The second-order valence-corrected chi connectivity index (χ2v) is 5.30. The number of rotatable bonds is 7. The molecule has 3 N–H and O–H groups in total. The summed E-state index contributed by atoms with van der Waals surface area (Å²) >= 11 is 0. The summed E-state index contributed by atoms with van der Waals surface area (Å²) in [5, 5.41) is 2.66. The van der Waals surface area contributed by atoms with E-state index >= 15 is 0 Å². The average molecular weight is 326 g/mol. The minimum atomic E-state index is -0.874. The van der Waals surface area contributed by atoms with Crippen molar-refractivity contribution in [1.82, 2.24) is 10.3 Å². The standard InChI is InChI=1S/C18H22N4O2/c1-3-22(4-2)15-11-10-14(12-20-15)18(24)21-16(17(19)23)13-8-6-5-7-9-13/h5-12,16H,3-4H2,1-2H3,(H2,19,23)(H,21,24). The molecule has 0 aliphatic carbocycles. The molecule has 0 saturated heterocycles. The smallest absolute Gasteiger partial charge is 0.253 e. The molecule has 2 amide bonds. The molecule has 1 unspecified atom stereocenters. The monoisotopic (exact) mass is 326 g/mol. The first-order valence-corrected chi connectivity index (χ1v) is 7.93. The van der Waals surface area contributed by atoms with Gasteiger partial charge in [-0.25, -0.2) is 4.98 Å². The van der Waals surface area contributed by atoms with Gasteiger partial charge in [-0.3, -0.25) is 9.59 Å². The number of hydrogen-bond donors (Lipinski definition) is 2. The number of carbonyl (C=O) groups is 2. The van der Waals surface area contributed by atoms with Gasteiger partial charge in [-0.05, 0) is 31.5 Å². The lowest BCUT2D eigenvalue weighted by Crippen LogP contribution is -2.37. The Morgan fingerprint density at radius 2 is 1.79 bits per heavy atom. The summed E-state index contributed by atoms with van der Waals surface area (Å²) in [6.45, 7) is 5.77. The Morgan fingerprint density at radius 1 is 1.12 bits per heavy atom. The van der Waals surface area contributed by atoms with Gasteiger partial charge in [0.15, 0.2) is 0 Å². The molecule has 0 saturated carbocycles. The zero-order chi connectivity index (χ0) is 17.5. The maximum absolute atomic E-state index is 12.4. The number of anilines is 1. The number of carbonyl (C=O) groups excluding carboxylic acids is 2. The molecule has 1 aromatic heterocycles. The van der Waals surface area contributed by atoms with Crippen molar-refractivity contribution in [3.05, 3.63) is 59.8 Å². The molecular formula is C18H22N4O2. The van der Waals surface area contributed by atoms with E-state index in [0.29, 0.717) is 11.1 Å². The highest BCUT2D eigenvalue weighted by atomic mass is 16.2. The van der Waals surface area contributed by atoms with Crippen LogP contribution in [0.4, 0.5) is 5.82 Å². The van der Waals surface area contributed by atoms with E-state index in [2.05, 4.69) is 15.2 Å². The van der Waals surface area contributed by atoms with E-state index in [1.54, 1.807) is 36.4 Å². The number of nitrogens with two attached hydrogens (primary N) is 1. The van der Waals surface area contributed by atoms with Gasteiger partial charge in [0, 0.05) is 19.3 Å². The maximum atomic E-state index is 12.4. The number of aromatic nitrogens is 1. The van der Waals surface area contributed by atoms with Crippen molar-refractivity contribution in [1.29, 1.82) is 0 Å². The summed E-state index contributed by atoms with van der Waals surface area (Å²) in [5.41, 5.74) is 6.45. The Bertz CT molecular complexity index is 682. The number of nitrogens with zero attached hydrogens (tertiary/aromatic N) is 2. The molecule has 0 aliphatic rings. The van der Waals surface area contributed by atoms with E-state index < -0.39 is 11.9 Å². The van der Waals surface area contributed by atoms with Crippen LogP contribution in [0.25, 0.3) is 0 Å². The lowest BCUT2D eigenvalue weighted by Gasteiger charge is -2.20. The van der Waals surface area contributed by atoms with Gasteiger partial charge in [-0.1, -0.05) is 30.3 Å². The SMILES string of the molecule is CCN(CC)c1ccc(C(=O)NC(C(N)=O)c2ccccc2)cn1. The molecule has 0 fully saturated rings. The Kier molecular flexibility index (Phi) is 5.89. The zero-order valence-corrected chi connectivity index (χ0v) is 13.9. The molecule has 126 valence electrons. The lowest BCUT2D eigenvalue weighted by molar-refractivity contribution is -0.120. The van der Waals surface area contributed by atoms with Crippen LogP contribution in [0.1, 0.15) is 35.8 Å². The Morgan fingerprint density at radius 3 is 2.29 bits per heavy atom. The number of primary amides is 1. The average Bonchev–Trinajstić information content (AvgIpc) is 2.61. The molecule has 6 heteroatoms. The topological polar surface area (TPSA) is 88.3 Å². The fourth-order valence-electron chi connectivity index (χ4n) is 2.43. The molecule has 0 aliphatic heterocycles. The highest BCUT2D eigenvalue weighted by molar-refractivity contribution is 5.97. The molecule has 2 aromatic rings. The quantitative estimate of drug-likeness (QED) is 0.813. The fraction of sp³-hybridized carbons (Fsp3) is 0.278. The number of hydrogen-bond acceptors (Lipinski definition) is 4. The second kappa shape index (κ2) is 8.10. The molecule has 6 nitrogen and oxygen atoms in total. The van der Waals surface area contributed by atoms with Crippen molar-refractivity contribution in [3.63, 3.8) is 0 Å². The molecule has 1 atom stereocenters. The van der Waals surface area contributed by atoms with Crippen LogP contribution in [0.3, 0.4) is 0 Å². The molecule has 0 spiro atoms. The van der Waals surface area contributed by atoms with Crippen LogP contribution in [-0.2, 0) is 4.79 Å². The van der Waals surface area contributed by atoms with Crippen LogP contribution in [-0.4, -0.2) is 29.9 Å².